The van der Waals surface area contributed by atoms with Gasteiger partial charge in [-0.3, -0.25) is 4.79 Å². The van der Waals surface area contributed by atoms with Crippen molar-refractivity contribution < 1.29 is 9.53 Å². The molecular formula is C10H19O2. The van der Waals surface area contributed by atoms with Crippen molar-refractivity contribution in [1.82, 2.24) is 0 Å². The molecule has 1 radical (unpaired) electrons. The molecule has 0 heterocycles. The van der Waals surface area contributed by atoms with Crippen LogP contribution in [0.1, 0.15) is 40.5 Å². The largest absolute Gasteiger partial charge is 0.463 e. The van der Waals surface area contributed by atoms with E-state index in [1.54, 1.807) is 0 Å². The molecule has 0 aromatic heterocycles. The van der Waals surface area contributed by atoms with Gasteiger partial charge in [-0.1, -0.05) is 13.3 Å². The van der Waals surface area contributed by atoms with Gasteiger partial charge in [0.25, 0.3) is 0 Å². The van der Waals surface area contributed by atoms with E-state index in [1.807, 2.05) is 27.7 Å². The van der Waals surface area contributed by atoms with Crippen LogP contribution in [0.15, 0.2) is 0 Å². The summed E-state index contributed by atoms with van der Waals surface area (Å²) < 4.78 is 5.10. The molecule has 0 aliphatic rings. The third-order valence-electron chi connectivity index (χ3n) is 1.70. The van der Waals surface area contributed by atoms with Gasteiger partial charge >= 0.3 is 5.97 Å². The van der Waals surface area contributed by atoms with Crippen LogP contribution in [0.4, 0.5) is 0 Å². The Balaban J connectivity index is 4.06. The summed E-state index contributed by atoms with van der Waals surface area (Å²) >= 11 is 0. The first-order valence-corrected chi connectivity index (χ1v) is 4.40. The van der Waals surface area contributed by atoms with Gasteiger partial charge in [-0.05, 0) is 34.1 Å². The van der Waals surface area contributed by atoms with Gasteiger partial charge in [-0.25, -0.2) is 0 Å². The third kappa shape index (κ3) is 3.74. The molecule has 0 spiro atoms. The monoisotopic (exact) mass is 171 g/mol. The molecule has 71 valence electrons. The maximum atomic E-state index is 11.4. The average molecular weight is 171 g/mol. The first kappa shape index (κ1) is 11.5. The van der Waals surface area contributed by atoms with Crippen molar-refractivity contribution in [1.29, 1.82) is 0 Å². The van der Waals surface area contributed by atoms with Gasteiger partial charge in [0, 0.05) is 0 Å². The van der Waals surface area contributed by atoms with Gasteiger partial charge in [-0.15, -0.1) is 0 Å². The summed E-state index contributed by atoms with van der Waals surface area (Å²) in [5.74, 6) is -0.124. The Morgan fingerprint density at radius 1 is 1.50 bits per heavy atom. The maximum absolute atomic E-state index is 11.4. The second kappa shape index (κ2) is 4.48. The fourth-order valence-electron chi connectivity index (χ4n) is 0.918. The van der Waals surface area contributed by atoms with Gasteiger partial charge in [0.1, 0.15) is 0 Å². The molecule has 0 aliphatic heterocycles. The van der Waals surface area contributed by atoms with Crippen molar-refractivity contribution in [2.24, 2.45) is 5.41 Å². The minimum Gasteiger partial charge on any atom is -0.463 e. The standard InChI is InChI=1S/C10H19O2/c1-6-7-10(4,5)9(11)12-8(2)3/h8H,1,6-7H2,2-5H3. The van der Waals surface area contributed by atoms with E-state index < -0.39 is 0 Å². The fraction of sp³-hybridized carbons (Fsp3) is 0.800. The van der Waals surface area contributed by atoms with Crippen LogP contribution in [0.5, 0.6) is 0 Å². The number of carbonyl (C=O) groups is 1. The highest BCUT2D eigenvalue weighted by Crippen LogP contribution is 2.24. The van der Waals surface area contributed by atoms with E-state index in [0.29, 0.717) is 0 Å². The predicted octanol–water partition coefficient (Wildman–Crippen LogP) is 2.58. The molecule has 0 saturated carbocycles. The van der Waals surface area contributed by atoms with Crippen LogP contribution in [0.3, 0.4) is 0 Å². The Labute approximate surface area is 75.3 Å². The van der Waals surface area contributed by atoms with Crippen LogP contribution in [-0.4, -0.2) is 12.1 Å². The summed E-state index contributed by atoms with van der Waals surface area (Å²) in [5.41, 5.74) is -0.383. The van der Waals surface area contributed by atoms with Crippen LogP contribution in [0.25, 0.3) is 0 Å². The zero-order valence-electron chi connectivity index (χ0n) is 8.52. The van der Waals surface area contributed by atoms with Gasteiger partial charge in [0.15, 0.2) is 0 Å². The molecule has 12 heavy (non-hydrogen) atoms. The highest BCUT2D eigenvalue weighted by molar-refractivity contribution is 5.75. The molecule has 0 rings (SSSR count). The Morgan fingerprint density at radius 2 is 2.00 bits per heavy atom. The molecule has 0 fully saturated rings. The minimum absolute atomic E-state index is 0.0263. The molecule has 0 aliphatic carbocycles. The second-order valence-electron chi connectivity index (χ2n) is 3.94. The number of esters is 1. The molecule has 0 unspecified atom stereocenters. The lowest BCUT2D eigenvalue weighted by Gasteiger charge is -2.23. The number of hydrogen-bond donors (Lipinski definition) is 0. The number of carbonyl (C=O) groups excluding carboxylic acids is 1. The summed E-state index contributed by atoms with van der Waals surface area (Å²) in [5, 5.41) is 0. The molecule has 0 saturated heterocycles. The van der Waals surface area contributed by atoms with Crippen molar-refractivity contribution in [2.45, 2.75) is 46.6 Å². The highest BCUT2D eigenvalue weighted by atomic mass is 16.5. The topological polar surface area (TPSA) is 26.3 Å². The first-order valence-electron chi connectivity index (χ1n) is 4.40. The lowest BCUT2D eigenvalue weighted by atomic mass is 9.88. The Morgan fingerprint density at radius 3 is 2.33 bits per heavy atom. The molecular weight excluding hydrogens is 152 g/mol. The van der Waals surface area contributed by atoms with E-state index in [-0.39, 0.29) is 17.5 Å². The Kier molecular flexibility index (Phi) is 4.29. The first-order chi connectivity index (χ1) is 5.40. The van der Waals surface area contributed by atoms with E-state index >= 15 is 0 Å². The highest BCUT2D eigenvalue weighted by Gasteiger charge is 2.28. The number of ether oxygens (including phenoxy) is 1. The van der Waals surface area contributed by atoms with Crippen LogP contribution >= 0.6 is 0 Å². The summed E-state index contributed by atoms with van der Waals surface area (Å²) in [4.78, 5) is 11.4. The summed E-state index contributed by atoms with van der Waals surface area (Å²) in [6.45, 7) is 11.2. The summed E-state index contributed by atoms with van der Waals surface area (Å²) in [6, 6.07) is 0. The Bertz CT molecular complexity index is 148. The molecule has 0 atom stereocenters. The molecule has 0 bridgehead atoms. The quantitative estimate of drug-likeness (QED) is 0.608. The summed E-state index contributed by atoms with van der Waals surface area (Å²) in [6.07, 6.45) is 1.51. The minimum atomic E-state index is -0.383. The zero-order chi connectivity index (χ0) is 9.78. The fourth-order valence-corrected chi connectivity index (χ4v) is 0.918. The molecule has 0 aromatic rings. The van der Waals surface area contributed by atoms with E-state index in [4.69, 9.17) is 4.74 Å². The molecule has 0 N–H and O–H groups in total. The van der Waals surface area contributed by atoms with E-state index in [2.05, 4.69) is 6.92 Å². The predicted molar refractivity (Wildman–Crippen MR) is 49.6 cm³/mol. The van der Waals surface area contributed by atoms with Crippen LogP contribution in [-0.2, 0) is 9.53 Å². The normalized spacial score (nSPS) is 11.8. The molecule has 0 aromatic carbocycles. The second-order valence-corrected chi connectivity index (χ2v) is 3.94. The van der Waals surface area contributed by atoms with Crippen LogP contribution < -0.4 is 0 Å². The van der Waals surface area contributed by atoms with Crippen molar-refractivity contribution in [3.63, 3.8) is 0 Å². The number of hydrogen-bond acceptors (Lipinski definition) is 2. The smallest absolute Gasteiger partial charge is 0.311 e. The van der Waals surface area contributed by atoms with Crippen molar-refractivity contribution in [3.8, 4) is 0 Å². The SMILES string of the molecule is [CH2]CCC(C)(C)C(=O)OC(C)C. The lowest BCUT2D eigenvalue weighted by Crippen LogP contribution is -2.28. The van der Waals surface area contributed by atoms with E-state index in [9.17, 15) is 4.79 Å². The van der Waals surface area contributed by atoms with Crippen molar-refractivity contribution in [2.75, 3.05) is 0 Å². The maximum Gasteiger partial charge on any atom is 0.311 e. The van der Waals surface area contributed by atoms with Crippen molar-refractivity contribution >= 4 is 5.97 Å². The van der Waals surface area contributed by atoms with Crippen molar-refractivity contribution in [3.05, 3.63) is 6.92 Å². The van der Waals surface area contributed by atoms with Gasteiger partial charge < -0.3 is 4.74 Å². The Hall–Kier alpha value is -0.530. The van der Waals surface area contributed by atoms with Gasteiger partial charge in [0.2, 0.25) is 0 Å². The van der Waals surface area contributed by atoms with Gasteiger partial charge in [0.05, 0.1) is 11.5 Å². The molecule has 2 nitrogen and oxygen atoms in total. The molecule has 2 heteroatoms. The lowest BCUT2D eigenvalue weighted by molar-refractivity contribution is -0.158. The number of rotatable bonds is 4. The van der Waals surface area contributed by atoms with Gasteiger partial charge in [-0.2, -0.15) is 0 Å². The van der Waals surface area contributed by atoms with E-state index in [1.165, 1.54) is 0 Å². The average Bonchev–Trinajstić information content (AvgIpc) is 1.85. The van der Waals surface area contributed by atoms with Crippen LogP contribution in [0, 0.1) is 12.3 Å². The third-order valence-corrected chi connectivity index (χ3v) is 1.70. The summed E-state index contributed by atoms with van der Waals surface area (Å²) in [7, 11) is 0. The van der Waals surface area contributed by atoms with E-state index in [0.717, 1.165) is 12.8 Å². The molecule has 0 amide bonds. The zero-order valence-corrected chi connectivity index (χ0v) is 8.52. The van der Waals surface area contributed by atoms with Crippen LogP contribution in [0.2, 0.25) is 0 Å².